The van der Waals surface area contributed by atoms with E-state index >= 15 is 0 Å². The van der Waals surface area contributed by atoms with E-state index < -0.39 is 0 Å². The summed E-state index contributed by atoms with van der Waals surface area (Å²) in [6, 6.07) is 21.9. The summed E-state index contributed by atoms with van der Waals surface area (Å²) < 4.78 is 0.119. The van der Waals surface area contributed by atoms with Crippen LogP contribution in [0.25, 0.3) is 0 Å². The van der Waals surface area contributed by atoms with E-state index in [1.54, 1.807) is 0 Å². The van der Waals surface area contributed by atoms with Gasteiger partial charge in [0.25, 0.3) is 0 Å². The van der Waals surface area contributed by atoms with Gasteiger partial charge in [0.05, 0.1) is 0 Å². The molecule has 0 spiro atoms. The van der Waals surface area contributed by atoms with Crippen LogP contribution in [0.15, 0.2) is 60.7 Å². The zero-order valence-corrected chi connectivity index (χ0v) is 13.6. The van der Waals surface area contributed by atoms with E-state index in [1.165, 1.54) is 11.1 Å². The van der Waals surface area contributed by atoms with Crippen LogP contribution in [0.1, 0.15) is 16.7 Å². The summed E-state index contributed by atoms with van der Waals surface area (Å²) in [7, 11) is 0. The zero-order valence-electron chi connectivity index (χ0n) is 9.06. The molecule has 0 saturated carbocycles. The molecule has 0 fully saturated rings. The molecule has 0 atom stereocenters. The third-order valence-electron chi connectivity index (χ3n) is 2.81. The summed E-state index contributed by atoms with van der Waals surface area (Å²) in [6.07, 6.45) is 0. The fourth-order valence-electron chi connectivity index (χ4n) is 2.03. The van der Waals surface area contributed by atoms with E-state index in [9.17, 15) is 0 Å². The van der Waals surface area contributed by atoms with Crippen LogP contribution in [0, 0.1) is 0 Å². The van der Waals surface area contributed by atoms with Crippen molar-refractivity contribution in [3.63, 3.8) is 0 Å². The van der Waals surface area contributed by atoms with Gasteiger partial charge in [-0.1, -0.05) is 0 Å². The van der Waals surface area contributed by atoms with Crippen molar-refractivity contribution in [1.29, 1.82) is 0 Å². The topological polar surface area (TPSA) is 0 Å². The summed E-state index contributed by atoms with van der Waals surface area (Å²) in [4.78, 5) is 0. The van der Waals surface area contributed by atoms with Gasteiger partial charge in [-0.25, -0.2) is 0 Å². The Morgan fingerprint density at radius 3 is 1.47 bits per heavy atom. The van der Waals surface area contributed by atoms with E-state index in [4.69, 9.17) is 0 Å². The molecule has 0 amide bonds. The summed E-state index contributed by atoms with van der Waals surface area (Å²) in [6.45, 7) is 0. The summed E-state index contributed by atoms with van der Waals surface area (Å²) in [5.41, 5.74) is 3.79. The SMILES string of the molecule is [K][SiH2]C(c1ccccc1)c1ccccc1. The molecular formula is C13H13KSi. The standard InChI is InChI=1S/C13H13Si.K/c14-13(11-7-3-1-4-8-11)12-9-5-2-6-10-12;/h1-10,13H,14H2;. The second kappa shape index (κ2) is 6.13. The first-order chi connectivity index (χ1) is 7.42. The van der Waals surface area contributed by atoms with E-state index in [0.717, 1.165) is 53.2 Å². The van der Waals surface area contributed by atoms with Crippen molar-refractivity contribution in [1.82, 2.24) is 0 Å². The van der Waals surface area contributed by atoms with Crippen LogP contribution in [0.4, 0.5) is 0 Å². The van der Waals surface area contributed by atoms with Gasteiger partial charge in [0.1, 0.15) is 0 Å². The molecule has 70 valence electrons. The van der Waals surface area contributed by atoms with E-state index in [2.05, 4.69) is 60.7 Å². The zero-order chi connectivity index (χ0) is 10.5. The average Bonchev–Trinajstić information content (AvgIpc) is 2.33. The van der Waals surface area contributed by atoms with Gasteiger partial charge in [0, 0.05) is 0 Å². The number of rotatable bonds is 3. The molecule has 0 aliphatic carbocycles. The van der Waals surface area contributed by atoms with Crippen molar-refractivity contribution < 1.29 is 0 Å². The van der Waals surface area contributed by atoms with Gasteiger partial charge >= 0.3 is 127 Å². The fourth-order valence-corrected chi connectivity index (χ4v) is 7.94. The monoisotopic (exact) mass is 236 g/mol. The number of hydrogen-bond donors (Lipinski definition) is 0. The minimum atomic E-state index is 0.119. The summed E-state index contributed by atoms with van der Waals surface area (Å²) in [5, 5.41) is 0. The van der Waals surface area contributed by atoms with Crippen LogP contribution in [0.3, 0.4) is 0 Å². The minimum absolute atomic E-state index is 0.119. The Kier molecular flexibility index (Phi) is 4.81. The molecule has 2 aromatic rings. The van der Waals surface area contributed by atoms with Crippen molar-refractivity contribution in [2.45, 2.75) is 5.54 Å². The molecular weight excluding hydrogens is 223 g/mol. The second-order valence-corrected chi connectivity index (χ2v) is 9.24. The molecule has 2 aromatic carbocycles. The Labute approximate surface area is 125 Å². The van der Waals surface area contributed by atoms with Crippen molar-refractivity contribution in [2.24, 2.45) is 0 Å². The Balaban J connectivity index is 2.34. The van der Waals surface area contributed by atoms with Gasteiger partial charge in [-0.2, -0.15) is 0 Å². The molecule has 0 saturated heterocycles. The molecule has 0 aliphatic rings. The third kappa shape index (κ3) is 3.12. The first-order valence-corrected chi connectivity index (χ1v) is 14.4. The first-order valence-electron chi connectivity index (χ1n) is 5.51. The van der Waals surface area contributed by atoms with Gasteiger partial charge in [0.15, 0.2) is 0 Å². The van der Waals surface area contributed by atoms with Crippen molar-refractivity contribution in [3.8, 4) is 0 Å². The van der Waals surface area contributed by atoms with Crippen LogP contribution in [0.5, 0.6) is 0 Å². The van der Waals surface area contributed by atoms with Gasteiger partial charge in [-0.15, -0.1) is 0 Å². The van der Waals surface area contributed by atoms with Crippen LogP contribution >= 0.6 is 0 Å². The van der Waals surface area contributed by atoms with E-state index in [0.29, 0.717) is 0 Å². The molecule has 2 rings (SSSR count). The van der Waals surface area contributed by atoms with Crippen molar-refractivity contribution in [2.75, 3.05) is 0 Å². The molecule has 0 aliphatic heterocycles. The Morgan fingerprint density at radius 1 is 0.733 bits per heavy atom. The molecule has 0 aromatic heterocycles. The first kappa shape index (κ1) is 11.8. The van der Waals surface area contributed by atoms with Crippen LogP contribution in [-0.2, 0) is 0 Å². The molecule has 15 heavy (non-hydrogen) atoms. The van der Waals surface area contributed by atoms with Crippen LogP contribution in [-0.4, -0.2) is 49.9 Å². The molecule has 2 heteroatoms. The van der Waals surface area contributed by atoms with Crippen LogP contribution in [0.2, 0.25) is 0 Å². The van der Waals surface area contributed by atoms with Gasteiger partial charge in [-0.3, -0.25) is 0 Å². The fraction of sp³-hybridized carbons (Fsp3) is 0.0769. The average molecular weight is 236 g/mol. The second-order valence-electron chi connectivity index (χ2n) is 3.78. The maximum atomic E-state index is 2.27. The predicted molar refractivity (Wildman–Crippen MR) is 69.0 cm³/mol. The number of hydrogen-bond acceptors (Lipinski definition) is 0. The van der Waals surface area contributed by atoms with Crippen LogP contribution < -0.4 is 0 Å². The van der Waals surface area contributed by atoms with Gasteiger partial charge in [0.2, 0.25) is 0 Å². The molecule has 0 radical (unpaired) electrons. The molecule has 0 heterocycles. The predicted octanol–water partition coefficient (Wildman–Crippen LogP) is 2.03. The third-order valence-corrected chi connectivity index (χ3v) is 8.40. The van der Waals surface area contributed by atoms with E-state index in [-0.39, 0.29) is 2.20 Å². The van der Waals surface area contributed by atoms with Gasteiger partial charge in [-0.05, 0) is 0 Å². The maximum absolute atomic E-state index is 2.27. The molecule has 0 N–H and O–H groups in total. The van der Waals surface area contributed by atoms with Crippen molar-refractivity contribution >= 4 is 49.9 Å². The van der Waals surface area contributed by atoms with Gasteiger partial charge < -0.3 is 0 Å². The summed E-state index contributed by atoms with van der Waals surface area (Å²) >= 11 is 1.03. The molecule has 0 bridgehead atoms. The Morgan fingerprint density at radius 2 is 1.13 bits per heavy atom. The van der Waals surface area contributed by atoms with Crippen molar-refractivity contribution in [3.05, 3.63) is 71.8 Å². The Hall–Kier alpha value is 0.293. The molecule has 0 unspecified atom stereocenters. The summed E-state index contributed by atoms with van der Waals surface area (Å²) in [5.74, 6) is 0. The quantitative estimate of drug-likeness (QED) is 0.715. The van der Waals surface area contributed by atoms with E-state index in [1.807, 2.05) is 0 Å². The normalized spacial score (nSPS) is 11.4. The molecule has 0 nitrogen and oxygen atoms in total. The number of benzene rings is 2. The Bertz CT molecular complexity index is 360.